The maximum Gasteiger partial charge on any atom is 0.274 e. The Hall–Kier alpha value is -1.40. The summed E-state index contributed by atoms with van der Waals surface area (Å²) in [7, 11) is 0. The normalized spacial score (nSPS) is 10.3. The van der Waals surface area contributed by atoms with E-state index in [1.807, 2.05) is 17.5 Å². The number of hydrogen-bond acceptors (Lipinski definition) is 4. The highest BCUT2D eigenvalue weighted by Crippen LogP contribution is 2.26. The van der Waals surface area contributed by atoms with E-state index in [-0.39, 0.29) is 10.6 Å². The summed E-state index contributed by atoms with van der Waals surface area (Å²) in [6.07, 6.45) is 0. The van der Waals surface area contributed by atoms with Crippen LogP contribution in [-0.4, -0.2) is 4.92 Å². The number of rotatable bonds is 4. The van der Waals surface area contributed by atoms with Gasteiger partial charge >= 0.3 is 0 Å². The van der Waals surface area contributed by atoms with Crippen molar-refractivity contribution in [3.8, 4) is 0 Å². The van der Waals surface area contributed by atoms with Gasteiger partial charge in [-0.1, -0.05) is 6.07 Å². The van der Waals surface area contributed by atoms with E-state index in [0.717, 1.165) is 15.0 Å². The summed E-state index contributed by atoms with van der Waals surface area (Å²) in [5, 5.41) is 16.1. The van der Waals surface area contributed by atoms with Crippen LogP contribution in [0.25, 0.3) is 0 Å². The van der Waals surface area contributed by atoms with Crippen LogP contribution in [-0.2, 0) is 6.54 Å². The minimum absolute atomic E-state index is 0.145. The van der Waals surface area contributed by atoms with E-state index in [9.17, 15) is 10.1 Å². The van der Waals surface area contributed by atoms with Crippen LogP contribution >= 0.6 is 27.3 Å². The van der Waals surface area contributed by atoms with Crippen LogP contribution < -0.4 is 5.32 Å². The summed E-state index contributed by atoms with van der Waals surface area (Å²) < 4.78 is 1.08. The van der Waals surface area contributed by atoms with Gasteiger partial charge in [-0.3, -0.25) is 10.1 Å². The SMILES string of the molecule is Cc1c(NCc2csc(Br)c2)cccc1[N+](=O)[O-]. The lowest BCUT2D eigenvalue weighted by Crippen LogP contribution is -2.01. The summed E-state index contributed by atoms with van der Waals surface area (Å²) in [4.78, 5) is 10.5. The van der Waals surface area contributed by atoms with Gasteiger partial charge in [-0.05, 0) is 45.9 Å². The Balaban J connectivity index is 2.14. The van der Waals surface area contributed by atoms with Crippen LogP contribution in [0, 0.1) is 17.0 Å². The van der Waals surface area contributed by atoms with Gasteiger partial charge in [0.25, 0.3) is 5.69 Å². The van der Waals surface area contributed by atoms with Crippen molar-refractivity contribution in [2.24, 2.45) is 0 Å². The minimum Gasteiger partial charge on any atom is -0.381 e. The Labute approximate surface area is 117 Å². The number of hydrogen-bond donors (Lipinski definition) is 1. The molecule has 0 bridgehead atoms. The molecule has 0 aliphatic carbocycles. The summed E-state index contributed by atoms with van der Waals surface area (Å²) >= 11 is 5.03. The van der Waals surface area contributed by atoms with E-state index in [4.69, 9.17) is 0 Å². The van der Waals surface area contributed by atoms with Gasteiger partial charge in [0.1, 0.15) is 0 Å². The third kappa shape index (κ3) is 2.88. The van der Waals surface area contributed by atoms with Crippen molar-refractivity contribution in [1.29, 1.82) is 0 Å². The first-order valence-corrected chi connectivity index (χ1v) is 6.96. The minimum atomic E-state index is -0.359. The van der Waals surface area contributed by atoms with Crippen molar-refractivity contribution in [2.75, 3.05) is 5.32 Å². The number of benzene rings is 1. The molecule has 4 nitrogen and oxygen atoms in total. The number of nitrogens with zero attached hydrogens (tertiary/aromatic N) is 1. The van der Waals surface area contributed by atoms with Crippen LogP contribution in [0.1, 0.15) is 11.1 Å². The van der Waals surface area contributed by atoms with E-state index >= 15 is 0 Å². The molecule has 2 rings (SSSR count). The topological polar surface area (TPSA) is 55.2 Å². The quantitative estimate of drug-likeness (QED) is 0.671. The molecular formula is C12H11BrN2O2S. The first-order valence-electron chi connectivity index (χ1n) is 5.28. The maximum atomic E-state index is 10.8. The van der Waals surface area contributed by atoms with Gasteiger partial charge in [0.05, 0.1) is 8.71 Å². The van der Waals surface area contributed by atoms with Gasteiger partial charge in [0.15, 0.2) is 0 Å². The fourth-order valence-corrected chi connectivity index (χ4v) is 2.86. The van der Waals surface area contributed by atoms with Crippen molar-refractivity contribution >= 4 is 38.6 Å². The Morgan fingerprint density at radius 1 is 1.50 bits per heavy atom. The molecule has 0 fully saturated rings. The fourth-order valence-electron chi connectivity index (χ4n) is 1.65. The number of anilines is 1. The van der Waals surface area contributed by atoms with Gasteiger partial charge < -0.3 is 5.32 Å². The van der Waals surface area contributed by atoms with Crippen molar-refractivity contribution in [2.45, 2.75) is 13.5 Å². The van der Waals surface area contributed by atoms with Crippen molar-refractivity contribution in [3.05, 3.63) is 54.7 Å². The maximum absolute atomic E-state index is 10.8. The summed E-state index contributed by atoms with van der Waals surface area (Å²) in [6, 6.07) is 7.09. The zero-order valence-corrected chi connectivity index (χ0v) is 12.0. The van der Waals surface area contributed by atoms with Crippen LogP contribution in [0.4, 0.5) is 11.4 Å². The summed E-state index contributed by atoms with van der Waals surface area (Å²) in [5.74, 6) is 0. The molecule has 0 amide bonds. The molecule has 0 atom stereocenters. The summed E-state index contributed by atoms with van der Waals surface area (Å²) in [5.41, 5.74) is 2.76. The molecule has 0 unspecified atom stereocenters. The Bertz CT molecular complexity index is 583. The predicted molar refractivity (Wildman–Crippen MR) is 77.2 cm³/mol. The smallest absolute Gasteiger partial charge is 0.274 e. The molecule has 0 aliphatic heterocycles. The molecule has 18 heavy (non-hydrogen) atoms. The van der Waals surface area contributed by atoms with Crippen molar-refractivity contribution < 1.29 is 4.92 Å². The molecule has 1 N–H and O–H groups in total. The first kappa shape index (κ1) is 13.0. The molecule has 2 aromatic rings. The predicted octanol–water partition coefficient (Wildman–Crippen LogP) is 4.34. The molecule has 0 spiro atoms. The van der Waals surface area contributed by atoms with Crippen LogP contribution in [0.15, 0.2) is 33.4 Å². The van der Waals surface area contributed by atoms with Crippen LogP contribution in [0.3, 0.4) is 0 Å². The second-order valence-electron chi connectivity index (χ2n) is 3.82. The van der Waals surface area contributed by atoms with Gasteiger partial charge in [0.2, 0.25) is 0 Å². The highest BCUT2D eigenvalue weighted by Gasteiger charge is 2.12. The number of nitrogens with one attached hydrogen (secondary N) is 1. The molecule has 94 valence electrons. The molecule has 0 saturated carbocycles. The van der Waals surface area contributed by atoms with Crippen molar-refractivity contribution in [1.82, 2.24) is 0 Å². The largest absolute Gasteiger partial charge is 0.381 e. The third-order valence-electron chi connectivity index (χ3n) is 2.61. The molecule has 0 radical (unpaired) electrons. The Morgan fingerprint density at radius 2 is 2.28 bits per heavy atom. The third-order valence-corrected chi connectivity index (χ3v) is 4.16. The second kappa shape index (κ2) is 5.49. The zero-order chi connectivity index (χ0) is 13.1. The highest BCUT2D eigenvalue weighted by molar-refractivity contribution is 9.11. The molecule has 0 aliphatic rings. The average Bonchev–Trinajstić information content (AvgIpc) is 2.73. The monoisotopic (exact) mass is 326 g/mol. The van der Waals surface area contributed by atoms with E-state index in [1.165, 1.54) is 6.07 Å². The van der Waals surface area contributed by atoms with Crippen LogP contribution in [0.2, 0.25) is 0 Å². The lowest BCUT2D eigenvalue weighted by molar-refractivity contribution is -0.385. The lowest BCUT2D eigenvalue weighted by Gasteiger charge is -2.08. The molecule has 1 aromatic heterocycles. The number of halogens is 1. The number of thiophene rings is 1. The molecule has 1 aromatic carbocycles. The van der Waals surface area contributed by atoms with E-state index < -0.39 is 0 Å². The molecular weight excluding hydrogens is 316 g/mol. The van der Waals surface area contributed by atoms with Gasteiger partial charge in [0, 0.05) is 23.9 Å². The van der Waals surface area contributed by atoms with E-state index in [2.05, 4.69) is 21.2 Å². The average molecular weight is 327 g/mol. The van der Waals surface area contributed by atoms with E-state index in [1.54, 1.807) is 24.3 Å². The van der Waals surface area contributed by atoms with E-state index in [0.29, 0.717) is 12.1 Å². The molecule has 0 saturated heterocycles. The van der Waals surface area contributed by atoms with Crippen LogP contribution in [0.5, 0.6) is 0 Å². The first-order chi connectivity index (χ1) is 8.58. The van der Waals surface area contributed by atoms with Gasteiger partial charge in [-0.25, -0.2) is 0 Å². The lowest BCUT2D eigenvalue weighted by atomic mass is 10.1. The van der Waals surface area contributed by atoms with Gasteiger partial charge in [-0.15, -0.1) is 11.3 Å². The Morgan fingerprint density at radius 3 is 2.89 bits per heavy atom. The van der Waals surface area contributed by atoms with Gasteiger partial charge in [-0.2, -0.15) is 0 Å². The fraction of sp³-hybridized carbons (Fsp3) is 0.167. The highest BCUT2D eigenvalue weighted by atomic mass is 79.9. The second-order valence-corrected chi connectivity index (χ2v) is 6.11. The summed E-state index contributed by atoms with van der Waals surface area (Å²) in [6.45, 7) is 2.41. The standard InChI is InChI=1S/C12H11BrN2O2S/c1-8-10(3-2-4-11(8)15(16)17)14-6-9-5-12(13)18-7-9/h2-5,7,14H,6H2,1H3. The molecule has 1 heterocycles. The zero-order valence-electron chi connectivity index (χ0n) is 9.64. The number of nitro benzene ring substituents is 1. The molecule has 6 heteroatoms. The Kier molecular flexibility index (Phi) is 3.98. The number of nitro groups is 1. The van der Waals surface area contributed by atoms with Crippen molar-refractivity contribution in [3.63, 3.8) is 0 Å².